The van der Waals surface area contributed by atoms with Gasteiger partial charge in [-0.2, -0.15) is 0 Å². The second-order valence-corrected chi connectivity index (χ2v) is 8.26. The highest BCUT2D eigenvalue weighted by Crippen LogP contribution is 2.27. The van der Waals surface area contributed by atoms with Crippen LogP contribution in [0.3, 0.4) is 0 Å². The molecular weight excluding hydrogens is 336 g/mol. The Bertz CT molecular complexity index is 569. The molecule has 3 atom stereocenters. The highest BCUT2D eigenvalue weighted by atomic mass is 15.3. The third-order valence-corrected chi connectivity index (χ3v) is 6.38. The standard InChI is InChI=1S/C21H38N6/c1-4-5-11-25-12-7-6-8-19(25)15-24-21(22-3)26-13-9-18(2)20(16-26)27-14-10-23-17-27/h10,14,17-20H,4-9,11-13,15-16H2,1-3H3,(H,22,24). The summed E-state index contributed by atoms with van der Waals surface area (Å²) in [6.07, 6.45) is 13.7. The zero-order valence-electron chi connectivity index (χ0n) is 17.5. The number of unbranched alkanes of at least 4 members (excludes halogenated alkanes) is 1. The zero-order valence-corrected chi connectivity index (χ0v) is 17.5. The van der Waals surface area contributed by atoms with Crippen molar-refractivity contribution in [3.63, 3.8) is 0 Å². The third kappa shape index (κ3) is 5.24. The molecule has 0 amide bonds. The van der Waals surface area contributed by atoms with Gasteiger partial charge in [-0.25, -0.2) is 4.98 Å². The molecule has 0 spiro atoms. The number of rotatable bonds is 6. The first-order valence-corrected chi connectivity index (χ1v) is 10.9. The predicted molar refractivity (Wildman–Crippen MR) is 112 cm³/mol. The van der Waals surface area contributed by atoms with E-state index < -0.39 is 0 Å². The topological polar surface area (TPSA) is 48.7 Å². The van der Waals surface area contributed by atoms with Gasteiger partial charge in [0.2, 0.25) is 0 Å². The van der Waals surface area contributed by atoms with Crippen LogP contribution in [0.5, 0.6) is 0 Å². The number of aromatic nitrogens is 2. The van der Waals surface area contributed by atoms with Crippen LogP contribution >= 0.6 is 0 Å². The van der Waals surface area contributed by atoms with Crippen LogP contribution < -0.4 is 5.32 Å². The summed E-state index contributed by atoms with van der Waals surface area (Å²) in [5.41, 5.74) is 0. The van der Waals surface area contributed by atoms with Crippen molar-refractivity contribution >= 4 is 5.96 Å². The molecule has 0 aliphatic carbocycles. The fourth-order valence-electron chi connectivity index (χ4n) is 4.58. The van der Waals surface area contributed by atoms with Crippen LogP contribution in [0.2, 0.25) is 0 Å². The van der Waals surface area contributed by atoms with E-state index in [4.69, 9.17) is 0 Å². The molecule has 2 aliphatic heterocycles. The minimum Gasteiger partial charge on any atom is -0.355 e. The van der Waals surface area contributed by atoms with Crippen LogP contribution in [-0.2, 0) is 0 Å². The first-order valence-electron chi connectivity index (χ1n) is 10.9. The first kappa shape index (κ1) is 20.2. The van der Waals surface area contributed by atoms with E-state index in [0.29, 0.717) is 18.0 Å². The van der Waals surface area contributed by atoms with Gasteiger partial charge in [-0.15, -0.1) is 0 Å². The largest absolute Gasteiger partial charge is 0.355 e. The molecule has 152 valence electrons. The summed E-state index contributed by atoms with van der Waals surface area (Å²) in [4.78, 5) is 14.0. The summed E-state index contributed by atoms with van der Waals surface area (Å²) in [6, 6.07) is 1.12. The molecule has 0 aromatic carbocycles. The Balaban J connectivity index is 1.56. The zero-order chi connectivity index (χ0) is 19.1. The molecule has 27 heavy (non-hydrogen) atoms. The minimum absolute atomic E-state index is 0.468. The summed E-state index contributed by atoms with van der Waals surface area (Å²) in [7, 11) is 1.92. The van der Waals surface area contributed by atoms with Crippen LogP contribution in [0, 0.1) is 5.92 Å². The minimum atomic E-state index is 0.468. The average Bonchev–Trinajstić information content (AvgIpc) is 3.23. The Kier molecular flexibility index (Phi) is 7.56. The van der Waals surface area contributed by atoms with Crippen LogP contribution in [0.25, 0.3) is 0 Å². The summed E-state index contributed by atoms with van der Waals surface area (Å²) < 4.78 is 2.26. The molecule has 6 heteroatoms. The molecular formula is C21H38N6. The fraction of sp³-hybridized carbons (Fsp3) is 0.810. The number of piperidine rings is 2. The average molecular weight is 375 g/mol. The van der Waals surface area contributed by atoms with Crippen molar-refractivity contribution in [1.29, 1.82) is 0 Å². The Hall–Kier alpha value is -1.56. The number of nitrogens with one attached hydrogen (secondary N) is 1. The molecule has 0 radical (unpaired) electrons. The van der Waals surface area contributed by atoms with Crippen molar-refractivity contribution < 1.29 is 0 Å². The molecule has 3 rings (SSSR count). The number of likely N-dealkylation sites (tertiary alicyclic amines) is 2. The lowest BCUT2D eigenvalue weighted by Gasteiger charge is -2.40. The summed E-state index contributed by atoms with van der Waals surface area (Å²) in [5, 5.41) is 3.71. The second kappa shape index (κ2) is 10.1. The van der Waals surface area contributed by atoms with Crippen molar-refractivity contribution in [3.05, 3.63) is 18.7 Å². The molecule has 3 unspecified atom stereocenters. The smallest absolute Gasteiger partial charge is 0.193 e. The van der Waals surface area contributed by atoms with Gasteiger partial charge in [0, 0.05) is 45.1 Å². The highest BCUT2D eigenvalue weighted by Gasteiger charge is 2.29. The number of aliphatic imine (C=N–C) groups is 1. The number of imidazole rings is 1. The molecule has 2 saturated heterocycles. The molecule has 2 aliphatic rings. The van der Waals surface area contributed by atoms with Crippen molar-refractivity contribution in [3.8, 4) is 0 Å². The number of hydrogen-bond acceptors (Lipinski definition) is 3. The highest BCUT2D eigenvalue weighted by molar-refractivity contribution is 5.80. The molecule has 0 saturated carbocycles. The maximum atomic E-state index is 4.61. The van der Waals surface area contributed by atoms with Crippen molar-refractivity contribution in [2.24, 2.45) is 10.9 Å². The molecule has 2 fully saturated rings. The van der Waals surface area contributed by atoms with Gasteiger partial charge in [0.25, 0.3) is 0 Å². The molecule has 1 N–H and O–H groups in total. The Morgan fingerprint density at radius 2 is 2.15 bits per heavy atom. The van der Waals surface area contributed by atoms with Gasteiger partial charge < -0.3 is 14.8 Å². The fourth-order valence-corrected chi connectivity index (χ4v) is 4.58. The van der Waals surface area contributed by atoms with Crippen molar-refractivity contribution in [1.82, 2.24) is 24.7 Å². The summed E-state index contributed by atoms with van der Waals surface area (Å²) in [5.74, 6) is 1.73. The van der Waals surface area contributed by atoms with Gasteiger partial charge in [0.15, 0.2) is 5.96 Å². The van der Waals surface area contributed by atoms with Gasteiger partial charge in [0.05, 0.1) is 12.4 Å². The van der Waals surface area contributed by atoms with Gasteiger partial charge >= 0.3 is 0 Å². The van der Waals surface area contributed by atoms with E-state index in [2.05, 4.69) is 49.7 Å². The number of nitrogens with zero attached hydrogens (tertiary/aromatic N) is 5. The Labute approximate surface area is 165 Å². The van der Waals surface area contributed by atoms with Crippen LogP contribution in [-0.4, -0.2) is 71.1 Å². The van der Waals surface area contributed by atoms with Gasteiger partial charge in [0.1, 0.15) is 0 Å². The third-order valence-electron chi connectivity index (χ3n) is 6.38. The van der Waals surface area contributed by atoms with Crippen molar-refractivity contribution in [2.75, 3.05) is 39.8 Å². The lowest BCUT2D eigenvalue weighted by atomic mass is 9.93. The van der Waals surface area contributed by atoms with E-state index in [9.17, 15) is 0 Å². The lowest BCUT2D eigenvalue weighted by Crippen LogP contribution is -2.53. The SMILES string of the molecule is CCCCN1CCCCC1CNC(=NC)N1CCC(C)C(n2ccnc2)C1. The molecule has 1 aromatic heterocycles. The van der Waals surface area contributed by atoms with Crippen LogP contribution in [0.4, 0.5) is 0 Å². The second-order valence-electron chi connectivity index (χ2n) is 8.26. The Morgan fingerprint density at radius 3 is 2.89 bits per heavy atom. The first-order chi connectivity index (χ1) is 13.2. The summed E-state index contributed by atoms with van der Waals surface area (Å²) >= 11 is 0. The van der Waals surface area contributed by atoms with Gasteiger partial charge in [-0.3, -0.25) is 9.89 Å². The van der Waals surface area contributed by atoms with Gasteiger partial charge in [-0.1, -0.05) is 26.7 Å². The number of hydrogen-bond donors (Lipinski definition) is 1. The quantitative estimate of drug-likeness (QED) is 0.614. The molecule has 1 aromatic rings. The lowest BCUT2D eigenvalue weighted by molar-refractivity contribution is 0.144. The van der Waals surface area contributed by atoms with E-state index in [-0.39, 0.29) is 0 Å². The van der Waals surface area contributed by atoms with Gasteiger partial charge in [-0.05, 0) is 44.7 Å². The Morgan fingerprint density at radius 1 is 1.26 bits per heavy atom. The maximum absolute atomic E-state index is 4.61. The van der Waals surface area contributed by atoms with E-state index in [1.807, 2.05) is 19.6 Å². The predicted octanol–water partition coefficient (Wildman–Crippen LogP) is 3.00. The van der Waals surface area contributed by atoms with E-state index in [0.717, 1.165) is 25.6 Å². The van der Waals surface area contributed by atoms with Crippen molar-refractivity contribution in [2.45, 2.75) is 64.5 Å². The van der Waals surface area contributed by atoms with Crippen LogP contribution in [0.1, 0.15) is 58.4 Å². The van der Waals surface area contributed by atoms with E-state index in [1.165, 1.54) is 51.6 Å². The van der Waals surface area contributed by atoms with E-state index >= 15 is 0 Å². The molecule has 6 nitrogen and oxygen atoms in total. The maximum Gasteiger partial charge on any atom is 0.193 e. The number of guanidine groups is 1. The molecule has 0 bridgehead atoms. The monoisotopic (exact) mass is 374 g/mol. The molecule has 3 heterocycles. The van der Waals surface area contributed by atoms with E-state index in [1.54, 1.807) is 0 Å². The normalized spacial score (nSPS) is 27.7. The summed E-state index contributed by atoms with van der Waals surface area (Å²) in [6.45, 7) is 10.2. The van der Waals surface area contributed by atoms with Crippen LogP contribution in [0.15, 0.2) is 23.7 Å².